The zero-order chi connectivity index (χ0) is 23.3. The number of carboxylic acids is 1. The number of hydrogen-bond donors (Lipinski definition) is 3. The molecular formula is C24H25N3O5. The van der Waals surface area contributed by atoms with Crippen LogP contribution in [0.3, 0.4) is 0 Å². The van der Waals surface area contributed by atoms with Crippen LogP contribution in [-0.2, 0) is 14.4 Å². The summed E-state index contributed by atoms with van der Waals surface area (Å²) in [5.74, 6) is -2.66. The second-order valence-electron chi connectivity index (χ2n) is 7.77. The lowest BCUT2D eigenvalue weighted by Crippen LogP contribution is -2.44. The summed E-state index contributed by atoms with van der Waals surface area (Å²) in [5, 5.41) is 31.7. The SMILES string of the molecule is CCNC(=O)CN1C(=O)[C@H](CC(=O)O)C[C@H]1C(O)c1ccc(-c2ccc(C#N)cc2)cc1. The van der Waals surface area contributed by atoms with Gasteiger partial charge in [-0.15, -0.1) is 0 Å². The fourth-order valence-corrected chi connectivity index (χ4v) is 4.03. The Labute approximate surface area is 186 Å². The third-order valence-corrected chi connectivity index (χ3v) is 5.63. The minimum absolute atomic E-state index is 0.156. The molecule has 0 spiro atoms. The molecule has 8 heteroatoms. The minimum atomic E-state index is -1.09. The summed E-state index contributed by atoms with van der Waals surface area (Å²) >= 11 is 0. The number of carboxylic acid groups (broad SMARTS) is 1. The van der Waals surface area contributed by atoms with Gasteiger partial charge in [-0.05, 0) is 42.2 Å². The summed E-state index contributed by atoms with van der Waals surface area (Å²) in [5.41, 5.74) is 2.95. The predicted molar refractivity (Wildman–Crippen MR) is 116 cm³/mol. The van der Waals surface area contributed by atoms with Crippen LogP contribution in [0.2, 0.25) is 0 Å². The smallest absolute Gasteiger partial charge is 0.304 e. The van der Waals surface area contributed by atoms with Crippen molar-refractivity contribution in [3.8, 4) is 17.2 Å². The molecule has 2 aromatic rings. The average Bonchev–Trinajstić information content (AvgIpc) is 3.08. The zero-order valence-electron chi connectivity index (χ0n) is 17.7. The lowest BCUT2D eigenvalue weighted by atomic mass is 9.94. The normalized spacial score (nSPS) is 18.8. The third-order valence-electron chi connectivity index (χ3n) is 5.63. The molecule has 1 heterocycles. The number of aliphatic hydroxyl groups excluding tert-OH is 1. The first-order chi connectivity index (χ1) is 15.3. The van der Waals surface area contributed by atoms with Gasteiger partial charge < -0.3 is 20.4 Å². The molecule has 8 nitrogen and oxygen atoms in total. The summed E-state index contributed by atoms with van der Waals surface area (Å²) in [6, 6.07) is 15.7. The van der Waals surface area contributed by atoms with Gasteiger partial charge in [0.1, 0.15) is 0 Å². The number of rotatable bonds is 8. The van der Waals surface area contributed by atoms with Crippen molar-refractivity contribution in [3.05, 3.63) is 59.7 Å². The molecule has 1 aliphatic heterocycles. The van der Waals surface area contributed by atoms with E-state index < -0.39 is 29.9 Å². The molecule has 0 radical (unpaired) electrons. The molecule has 0 saturated carbocycles. The number of aliphatic carboxylic acids is 1. The second-order valence-corrected chi connectivity index (χ2v) is 7.77. The van der Waals surface area contributed by atoms with Gasteiger partial charge in [-0.1, -0.05) is 36.4 Å². The van der Waals surface area contributed by atoms with E-state index in [0.29, 0.717) is 17.7 Å². The van der Waals surface area contributed by atoms with Gasteiger partial charge in [0.05, 0.1) is 42.7 Å². The van der Waals surface area contributed by atoms with E-state index in [1.54, 1.807) is 31.2 Å². The molecule has 32 heavy (non-hydrogen) atoms. The fraction of sp³-hybridized carbons (Fsp3) is 0.333. The summed E-state index contributed by atoms with van der Waals surface area (Å²) in [7, 11) is 0. The van der Waals surface area contributed by atoms with E-state index in [4.69, 9.17) is 10.4 Å². The van der Waals surface area contributed by atoms with Crippen molar-refractivity contribution in [2.45, 2.75) is 31.9 Å². The number of carbonyl (C=O) groups excluding carboxylic acids is 2. The standard InChI is InChI=1S/C24H25N3O5/c1-2-26-21(28)14-27-20(11-19(24(27)32)12-22(29)30)23(31)18-9-7-17(8-10-18)16-5-3-15(13-25)4-6-16/h3-10,19-20,23,31H,2,11-12,14H2,1H3,(H,26,28)(H,29,30)/t19-,20-,23?/m0/s1. The molecule has 3 rings (SSSR count). The van der Waals surface area contributed by atoms with Crippen molar-refractivity contribution in [3.63, 3.8) is 0 Å². The quantitative estimate of drug-likeness (QED) is 0.582. The fourth-order valence-electron chi connectivity index (χ4n) is 4.03. The number of aliphatic hydroxyl groups is 1. The van der Waals surface area contributed by atoms with Gasteiger partial charge in [0.15, 0.2) is 0 Å². The Balaban J connectivity index is 1.81. The van der Waals surface area contributed by atoms with Gasteiger partial charge in [-0.2, -0.15) is 5.26 Å². The highest BCUT2D eigenvalue weighted by atomic mass is 16.4. The van der Waals surface area contributed by atoms with Crippen LogP contribution in [0.15, 0.2) is 48.5 Å². The third kappa shape index (κ3) is 5.13. The average molecular weight is 435 g/mol. The maximum absolute atomic E-state index is 12.8. The molecule has 2 aromatic carbocycles. The van der Waals surface area contributed by atoms with E-state index in [9.17, 15) is 19.5 Å². The summed E-state index contributed by atoms with van der Waals surface area (Å²) in [4.78, 5) is 37.3. The van der Waals surface area contributed by atoms with Crippen molar-refractivity contribution in [1.82, 2.24) is 10.2 Å². The number of likely N-dealkylation sites (N-methyl/N-ethyl adjacent to an activating group) is 1. The number of benzene rings is 2. The van der Waals surface area contributed by atoms with Crippen LogP contribution < -0.4 is 5.32 Å². The highest BCUT2D eigenvalue weighted by Gasteiger charge is 2.44. The van der Waals surface area contributed by atoms with Crippen LogP contribution in [0.4, 0.5) is 0 Å². The van der Waals surface area contributed by atoms with Crippen LogP contribution in [0, 0.1) is 17.2 Å². The summed E-state index contributed by atoms with van der Waals surface area (Å²) in [6.45, 7) is 1.94. The zero-order valence-corrected chi connectivity index (χ0v) is 17.7. The Morgan fingerprint density at radius 2 is 1.75 bits per heavy atom. The predicted octanol–water partition coefficient (Wildman–Crippen LogP) is 2.09. The molecule has 3 N–H and O–H groups in total. The maximum Gasteiger partial charge on any atom is 0.304 e. The highest BCUT2D eigenvalue weighted by molar-refractivity contribution is 5.89. The van der Waals surface area contributed by atoms with Crippen LogP contribution in [0.5, 0.6) is 0 Å². The first-order valence-corrected chi connectivity index (χ1v) is 10.4. The van der Waals surface area contributed by atoms with E-state index in [1.807, 2.05) is 24.3 Å². The molecule has 1 saturated heterocycles. The van der Waals surface area contributed by atoms with E-state index in [-0.39, 0.29) is 25.3 Å². The molecule has 2 amide bonds. The van der Waals surface area contributed by atoms with E-state index in [0.717, 1.165) is 11.1 Å². The van der Waals surface area contributed by atoms with E-state index in [1.165, 1.54) is 4.90 Å². The Morgan fingerprint density at radius 3 is 2.28 bits per heavy atom. The van der Waals surface area contributed by atoms with Gasteiger partial charge in [0, 0.05) is 6.54 Å². The number of amides is 2. The van der Waals surface area contributed by atoms with Gasteiger partial charge in [0.25, 0.3) is 0 Å². The first-order valence-electron chi connectivity index (χ1n) is 10.4. The first kappa shape index (κ1) is 23.0. The van der Waals surface area contributed by atoms with Crippen molar-refractivity contribution < 1.29 is 24.6 Å². The van der Waals surface area contributed by atoms with Gasteiger partial charge in [-0.3, -0.25) is 14.4 Å². The minimum Gasteiger partial charge on any atom is -0.481 e. The van der Waals surface area contributed by atoms with Crippen molar-refractivity contribution in [2.75, 3.05) is 13.1 Å². The maximum atomic E-state index is 12.8. The summed E-state index contributed by atoms with van der Waals surface area (Å²) < 4.78 is 0. The highest BCUT2D eigenvalue weighted by Crippen LogP contribution is 2.35. The van der Waals surface area contributed by atoms with Crippen LogP contribution in [0.25, 0.3) is 11.1 Å². The number of carbonyl (C=O) groups is 3. The molecule has 1 aliphatic rings. The topological polar surface area (TPSA) is 131 Å². The second kappa shape index (κ2) is 10.1. The van der Waals surface area contributed by atoms with E-state index in [2.05, 4.69) is 11.4 Å². The lowest BCUT2D eigenvalue weighted by molar-refractivity contribution is -0.143. The number of nitrogens with one attached hydrogen (secondary N) is 1. The van der Waals surface area contributed by atoms with Gasteiger partial charge >= 0.3 is 5.97 Å². The van der Waals surface area contributed by atoms with Crippen LogP contribution in [-0.4, -0.2) is 52.0 Å². The van der Waals surface area contributed by atoms with Crippen LogP contribution >= 0.6 is 0 Å². The molecule has 3 atom stereocenters. The van der Waals surface area contributed by atoms with Gasteiger partial charge in [0.2, 0.25) is 11.8 Å². The van der Waals surface area contributed by atoms with Gasteiger partial charge in [-0.25, -0.2) is 0 Å². The summed E-state index contributed by atoms with van der Waals surface area (Å²) in [6.07, 6.45) is -1.25. The largest absolute Gasteiger partial charge is 0.481 e. The van der Waals surface area contributed by atoms with Crippen molar-refractivity contribution >= 4 is 17.8 Å². The van der Waals surface area contributed by atoms with Crippen molar-refractivity contribution in [1.29, 1.82) is 5.26 Å². The molecule has 0 aromatic heterocycles. The molecule has 0 bridgehead atoms. The van der Waals surface area contributed by atoms with Crippen LogP contribution in [0.1, 0.15) is 37.0 Å². The Bertz CT molecular complexity index is 1030. The molecule has 0 aliphatic carbocycles. The lowest BCUT2D eigenvalue weighted by Gasteiger charge is -2.28. The monoisotopic (exact) mass is 435 g/mol. The van der Waals surface area contributed by atoms with E-state index >= 15 is 0 Å². The molecule has 166 valence electrons. The Morgan fingerprint density at radius 1 is 1.16 bits per heavy atom. The molecule has 1 fully saturated rings. The number of likely N-dealkylation sites (tertiary alicyclic amines) is 1. The Hall–Kier alpha value is -3.70. The van der Waals surface area contributed by atoms with Crippen molar-refractivity contribution in [2.24, 2.45) is 5.92 Å². The number of hydrogen-bond acceptors (Lipinski definition) is 5. The molecule has 1 unspecified atom stereocenters. The number of nitrogens with zero attached hydrogens (tertiary/aromatic N) is 2. The number of nitriles is 1. The molecular weight excluding hydrogens is 410 g/mol. The Kier molecular flexibility index (Phi) is 7.23.